The van der Waals surface area contributed by atoms with Crippen molar-refractivity contribution in [3.8, 4) is 11.8 Å². The van der Waals surface area contributed by atoms with E-state index in [1.54, 1.807) is 0 Å². The van der Waals surface area contributed by atoms with E-state index < -0.39 is 21.7 Å². The van der Waals surface area contributed by atoms with Gasteiger partial charge >= 0.3 is 5.97 Å². The van der Waals surface area contributed by atoms with Gasteiger partial charge in [0.2, 0.25) is 10.0 Å². The first-order valence-electron chi connectivity index (χ1n) is 5.07. The van der Waals surface area contributed by atoms with Crippen molar-refractivity contribution in [2.45, 2.75) is 0 Å². The fraction of sp³-hybridized carbons (Fsp3) is 0.273. The number of benzene rings is 1. The molecule has 19 heavy (non-hydrogen) atoms. The third-order valence-electron chi connectivity index (χ3n) is 2.13. The molecule has 0 fully saturated rings. The Kier molecular flexibility index (Phi) is 4.72. The Morgan fingerprint density at radius 1 is 1.42 bits per heavy atom. The zero-order chi connectivity index (χ0) is 14.5. The highest BCUT2D eigenvalue weighted by molar-refractivity contribution is 7.93. The van der Waals surface area contributed by atoms with Gasteiger partial charge < -0.3 is 9.47 Å². The third kappa shape index (κ3) is 4.15. The van der Waals surface area contributed by atoms with Crippen LogP contribution < -0.4 is 9.46 Å². The van der Waals surface area contributed by atoms with E-state index in [2.05, 4.69) is 9.46 Å². The van der Waals surface area contributed by atoms with E-state index in [0.717, 1.165) is 7.11 Å². The fourth-order valence-electron chi connectivity index (χ4n) is 1.26. The van der Waals surface area contributed by atoms with Crippen LogP contribution in [0.2, 0.25) is 0 Å². The van der Waals surface area contributed by atoms with E-state index in [4.69, 9.17) is 10.00 Å². The number of anilines is 1. The van der Waals surface area contributed by atoms with Gasteiger partial charge in [0, 0.05) is 6.07 Å². The first kappa shape index (κ1) is 14.8. The molecule has 0 bridgehead atoms. The summed E-state index contributed by atoms with van der Waals surface area (Å²) < 4.78 is 34.8. The van der Waals surface area contributed by atoms with Crippen LogP contribution in [0.1, 0.15) is 5.56 Å². The SMILES string of the molecule is COC(=O)CS(=O)(=O)Nc1ccc(C#N)cc1OC. The molecule has 102 valence electrons. The van der Waals surface area contributed by atoms with Crippen LogP contribution >= 0.6 is 0 Å². The molecule has 0 aliphatic carbocycles. The van der Waals surface area contributed by atoms with Crippen molar-refractivity contribution in [3.05, 3.63) is 23.8 Å². The second-order valence-electron chi connectivity index (χ2n) is 3.46. The molecule has 0 spiro atoms. The van der Waals surface area contributed by atoms with Crippen LogP contribution in [-0.2, 0) is 19.6 Å². The molecule has 0 atom stereocenters. The molecule has 0 aliphatic rings. The summed E-state index contributed by atoms with van der Waals surface area (Å²) in [5, 5.41) is 8.73. The van der Waals surface area contributed by atoms with Gasteiger partial charge in [-0.15, -0.1) is 0 Å². The van der Waals surface area contributed by atoms with Gasteiger partial charge in [0.25, 0.3) is 0 Å². The summed E-state index contributed by atoms with van der Waals surface area (Å²) in [7, 11) is -1.45. The van der Waals surface area contributed by atoms with Crippen LogP contribution in [0, 0.1) is 11.3 Å². The zero-order valence-corrected chi connectivity index (χ0v) is 11.2. The number of carbonyl (C=O) groups excluding carboxylic acids is 1. The Morgan fingerprint density at radius 2 is 2.11 bits per heavy atom. The van der Waals surface area contributed by atoms with E-state index in [1.807, 2.05) is 6.07 Å². The van der Waals surface area contributed by atoms with Gasteiger partial charge in [-0.25, -0.2) is 8.42 Å². The monoisotopic (exact) mass is 284 g/mol. The predicted molar refractivity (Wildman–Crippen MR) is 67.1 cm³/mol. The maximum Gasteiger partial charge on any atom is 0.322 e. The number of sulfonamides is 1. The zero-order valence-electron chi connectivity index (χ0n) is 10.3. The fourth-order valence-corrected chi connectivity index (χ4v) is 2.27. The van der Waals surface area contributed by atoms with Crippen LogP contribution in [0.15, 0.2) is 18.2 Å². The van der Waals surface area contributed by atoms with Crippen molar-refractivity contribution in [1.82, 2.24) is 0 Å². The molecule has 0 saturated heterocycles. The molecule has 0 aromatic heterocycles. The predicted octanol–water partition coefficient (Wildman–Crippen LogP) is 0.482. The number of nitrogens with zero attached hydrogens (tertiary/aromatic N) is 1. The molecular formula is C11H12N2O5S. The number of hydrogen-bond acceptors (Lipinski definition) is 6. The number of nitrogens with one attached hydrogen (secondary N) is 1. The lowest BCUT2D eigenvalue weighted by atomic mass is 10.2. The number of hydrogen-bond donors (Lipinski definition) is 1. The van der Waals surface area contributed by atoms with Gasteiger partial charge in [-0.3, -0.25) is 9.52 Å². The molecule has 1 aromatic rings. The number of esters is 1. The number of carbonyl (C=O) groups is 1. The summed E-state index contributed by atoms with van der Waals surface area (Å²) in [6.07, 6.45) is 0. The van der Waals surface area contributed by atoms with Gasteiger partial charge in [0.05, 0.1) is 31.5 Å². The Balaban J connectivity index is 3.00. The number of ether oxygens (including phenoxy) is 2. The molecule has 7 nitrogen and oxygen atoms in total. The van der Waals surface area contributed by atoms with Gasteiger partial charge in [-0.2, -0.15) is 5.26 Å². The molecule has 0 amide bonds. The van der Waals surface area contributed by atoms with Crippen molar-refractivity contribution in [2.24, 2.45) is 0 Å². The standard InChI is InChI=1S/C11H12N2O5S/c1-17-10-5-8(6-12)3-4-9(10)13-19(15,16)7-11(14)18-2/h3-5,13H,7H2,1-2H3. The summed E-state index contributed by atoms with van der Waals surface area (Å²) in [6, 6.07) is 6.10. The lowest BCUT2D eigenvalue weighted by Crippen LogP contribution is -2.23. The Labute approximate surface area is 110 Å². The van der Waals surface area contributed by atoms with Gasteiger partial charge in [-0.05, 0) is 12.1 Å². The van der Waals surface area contributed by atoms with Crippen molar-refractivity contribution >= 4 is 21.7 Å². The highest BCUT2D eigenvalue weighted by Crippen LogP contribution is 2.26. The van der Waals surface area contributed by atoms with Gasteiger partial charge in [-0.1, -0.05) is 0 Å². The Bertz CT molecular complexity index is 618. The summed E-state index contributed by atoms with van der Waals surface area (Å²) in [6.45, 7) is 0. The molecule has 1 N–H and O–H groups in total. The average Bonchev–Trinajstić information content (AvgIpc) is 2.38. The lowest BCUT2D eigenvalue weighted by molar-refractivity contribution is -0.137. The summed E-state index contributed by atoms with van der Waals surface area (Å²) in [4.78, 5) is 11.0. The number of nitriles is 1. The highest BCUT2D eigenvalue weighted by Gasteiger charge is 2.18. The molecule has 1 aromatic carbocycles. The molecule has 0 heterocycles. The smallest absolute Gasteiger partial charge is 0.322 e. The Hall–Kier alpha value is -2.27. The van der Waals surface area contributed by atoms with Crippen LogP contribution in [0.5, 0.6) is 5.75 Å². The third-order valence-corrected chi connectivity index (χ3v) is 3.28. The summed E-state index contributed by atoms with van der Waals surface area (Å²) >= 11 is 0. The first-order chi connectivity index (χ1) is 8.91. The molecule has 0 aliphatic heterocycles. The Morgan fingerprint density at radius 3 is 2.63 bits per heavy atom. The van der Waals surface area contributed by atoms with Crippen molar-refractivity contribution in [2.75, 3.05) is 24.7 Å². The van der Waals surface area contributed by atoms with Gasteiger partial charge in [0.15, 0.2) is 5.75 Å². The summed E-state index contributed by atoms with van der Waals surface area (Å²) in [5.41, 5.74) is 0.471. The summed E-state index contributed by atoms with van der Waals surface area (Å²) in [5.74, 6) is -1.49. The van der Waals surface area contributed by atoms with E-state index in [1.165, 1.54) is 25.3 Å². The van der Waals surface area contributed by atoms with Crippen LogP contribution in [0.4, 0.5) is 5.69 Å². The van der Waals surface area contributed by atoms with E-state index in [9.17, 15) is 13.2 Å². The lowest BCUT2D eigenvalue weighted by Gasteiger charge is -2.11. The van der Waals surface area contributed by atoms with Crippen LogP contribution in [-0.4, -0.2) is 34.4 Å². The minimum atomic E-state index is -3.89. The van der Waals surface area contributed by atoms with Crippen molar-refractivity contribution < 1.29 is 22.7 Å². The van der Waals surface area contributed by atoms with E-state index >= 15 is 0 Å². The topological polar surface area (TPSA) is 105 Å². The average molecular weight is 284 g/mol. The normalized spacial score (nSPS) is 10.4. The van der Waals surface area contributed by atoms with Crippen molar-refractivity contribution in [3.63, 3.8) is 0 Å². The van der Waals surface area contributed by atoms with E-state index in [-0.39, 0.29) is 11.4 Å². The molecular weight excluding hydrogens is 272 g/mol. The molecule has 0 unspecified atom stereocenters. The van der Waals surface area contributed by atoms with Gasteiger partial charge in [0.1, 0.15) is 5.75 Å². The second kappa shape index (κ2) is 6.06. The molecule has 0 radical (unpaired) electrons. The number of rotatable bonds is 5. The first-order valence-corrected chi connectivity index (χ1v) is 6.72. The van der Waals surface area contributed by atoms with Crippen LogP contribution in [0.3, 0.4) is 0 Å². The largest absolute Gasteiger partial charge is 0.495 e. The second-order valence-corrected chi connectivity index (χ2v) is 5.19. The maximum atomic E-state index is 11.7. The maximum absolute atomic E-state index is 11.7. The van der Waals surface area contributed by atoms with Crippen molar-refractivity contribution in [1.29, 1.82) is 5.26 Å². The molecule has 1 rings (SSSR count). The van der Waals surface area contributed by atoms with E-state index in [0.29, 0.717) is 5.56 Å². The highest BCUT2D eigenvalue weighted by atomic mass is 32.2. The number of methoxy groups -OCH3 is 2. The minimum absolute atomic E-state index is 0.144. The quantitative estimate of drug-likeness (QED) is 0.788. The molecule has 8 heteroatoms. The van der Waals surface area contributed by atoms with Crippen LogP contribution in [0.25, 0.3) is 0 Å². The molecule has 0 saturated carbocycles. The minimum Gasteiger partial charge on any atom is -0.495 e.